The Hall–Kier alpha value is -0.830. The zero-order valence-corrected chi connectivity index (χ0v) is 5.83. The van der Waals surface area contributed by atoms with Crippen LogP contribution in [-0.4, -0.2) is 23.8 Å². The van der Waals surface area contributed by atoms with Crippen LogP contribution in [0.2, 0.25) is 0 Å². The highest BCUT2D eigenvalue weighted by atomic mass is 16.5. The maximum atomic E-state index is 10.2. The van der Waals surface area contributed by atoms with Gasteiger partial charge in [0, 0.05) is 6.08 Å². The molecule has 56 valence electrons. The molecule has 0 aromatic rings. The van der Waals surface area contributed by atoms with Crippen LogP contribution >= 0.6 is 0 Å². The minimum absolute atomic E-state index is 0.00361. The molecule has 3 nitrogen and oxygen atoms in total. The monoisotopic (exact) mass is 142 g/mol. The molecule has 1 aliphatic rings. The van der Waals surface area contributed by atoms with Crippen molar-refractivity contribution in [1.29, 1.82) is 0 Å². The van der Waals surface area contributed by atoms with Crippen molar-refractivity contribution in [3.8, 4) is 0 Å². The molecule has 1 atom stereocenters. The van der Waals surface area contributed by atoms with Crippen molar-refractivity contribution in [3.05, 3.63) is 11.6 Å². The number of carboxylic acid groups (broad SMARTS) is 1. The van der Waals surface area contributed by atoms with E-state index in [0.717, 1.165) is 12.0 Å². The lowest BCUT2D eigenvalue weighted by atomic mass is 10.1. The molecule has 0 aromatic heterocycles. The van der Waals surface area contributed by atoms with Crippen LogP contribution in [0.25, 0.3) is 0 Å². The Bertz CT molecular complexity index is 172. The molecule has 0 bridgehead atoms. The van der Waals surface area contributed by atoms with Gasteiger partial charge in [-0.3, -0.25) is 0 Å². The van der Waals surface area contributed by atoms with Gasteiger partial charge in [0.15, 0.2) is 0 Å². The molecular weight excluding hydrogens is 132 g/mol. The zero-order chi connectivity index (χ0) is 7.56. The van der Waals surface area contributed by atoms with E-state index in [4.69, 9.17) is 9.84 Å². The molecule has 0 radical (unpaired) electrons. The van der Waals surface area contributed by atoms with Crippen LogP contribution in [0, 0.1) is 0 Å². The second kappa shape index (κ2) is 2.84. The molecule has 1 saturated heterocycles. The van der Waals surface area contributed by atoms with Gasteiger partial charge in [0.2, 0.25) is 0 Å². The maximum absolute atomic E-state index is 10.2. The van der Waals surface area contributed by atoms with Crippen LogP contribution in [0.15, 0.2) is 11.6 Å². The first-order chi connectivity index (χ1) is 4.70. The van der Waals surface area contributed by atoms with E-state index in [-0.39, 0.29) is 6.10 Å². The van der Waals surface area contributed by atoms with Crippen LogP contribution < -0.4 is 0 Å². The Labute approximate surface area is 59.3 Å². The van der Waals surface area contributed by atoms with E-state index < -0.39 is 5.97 Å². The van der Waals surface area contributed by atoms with Gasteiger partial charge in [-0.25, -0.2) is 4.79 Å². The summed E-state index contributed by atoms with van der Waals surface area (Å²) in [4.78, 5) is 10.2. The Kier molecular flexibility index (Phi) is 2.06. The third kappa shape index (κ3) is 1.57. The van der Waals surface area contributed by atoms with Gasteiger partial charge in [-0.15, -0.1) is 0 Å². The van der Waals surface area contributed by atoms with Crippen molar-refractivity contribution < 1.29 is 14.6 Å². The fraction of sp³-hybridized carbons (Fsp3) is 0.571. The molecule has 3 heteroatoms. The van der Waals surface area contributed by atoms with E-state index in [0.29, 0.717) is 6.61 Å². The number of aliphatic carboxylic acids is 1. The van der Waals surface area contributed by atoms with Gasteiger partial charge in [-0.2, -0.15) is 0 Å². The van der Waals surface area contributed by atoms with Gasteiger partial charge in [0.25, 0.3) is 0 Å². The van der Waals surface area contributed by atoms with Crippen molar-refractivity contribution in [2.45, 2.75) is 19.4 Å². The Morgan fingerprint density at radius 1 is 1.90 bits per heavy atom. The van der Waals surface area contributed by atoms with E-state index in [1.165, 1.54) is 6.08 Å². The molecule has 0 spiro atoms. The third-order valence-electron chi connectivity index (χ3n) is 1.59. The van der Waals surface area contributed by atoms with Gasteiger partial charge in [-0.05, 0) is 18.9 Å². The molecule has 0 aromatic carbocycles. The lowest BCUT2D eigenvalue weighted by molar-refractivity contribution is -0.131. The fourth-order valence-corrected chi connectivity index (χ4v) is 1.01. The molecule has 1 unspecified atom stereocenters. The molecule has 1 N–H and O–H groups in total. The summed E-state index contributed by atoms with van der Waals surface area (Å²) >= 11 is 0. The summed E-state index contributed by atoms with van der Waals surface area (Å²) in [5.41, 5.74) is 0.882. The smallest absolute Gasteiger partial charge is 0.328 e. The summed E-state index contributed by atoms with van der Waals surface area (Å²) in [5.74, 6) is -0.882. The highest BCUT2D eigenvalue weighted by Gasteiger charge is 2.16. The first kappa shape index (κ1) is 7.28. The van der Waals surface area contributed by atoms with E-state index in [1.807, 2.05) is 6.92 Å². The number of carbonyl (C=O) groups is 1. The summed E-state index contributed by atoms with van der Waals surface area (Å²) in [5, 5.41) is 8.36. The van der Waals surface area contributed by atoms with Crippen LogP contribution in [-0.2, 0) is 9.53 Å². The average Bonchev–Trinajstić information content (AvgIpc) is 2.15. The predicted molar refractivity (Wildman–Crippen MR) is 35.7 cm³/mol. The lowest BCUT2D eigenvalue weighted by Crippen LogP contribution is -2.02. The Morgan fingerprint density at radius 2 is 2.60 bits per heavy atom. The van der Waals surface area contributed by atoms with E-state index in [1.54, 1.807) is 0 Å². The quantitative estimate of drug-likeness (QED) is 0.551. The fourth-order valence-electron chi connectivity index (χ4n) is 1.01. The number of rotatable bonds is 1. The van der Waals surface area contributed by atoms with Gasteiger partial charge < -0.3 is 9.84 Å². The minimum atomic E-state index is -0.882. The highest BCUT2D eigenvalue weighted by molar-refractivity contribution is 5.80. The molecule has 0 saturated carbocycles. The average molecular weight is 142 g/mol. The van der Waals surface area contributed by atoms with Crippen molar-refractivity contribution in [2.24, 2.45) is 0 Å². The Morgan fingerprint density at radius 3 is 3.00 bits per heavy atom. The van der Waals surface area contributed by atoms with E-state index in [9.17, 15) is 4.79 Å². The zero-order valence-electron chi connectivity index (χ0n) is 5.83. The van der Waals surface area contributed by atoms with Crippen molar-refractivity contribution in [2.75, 3.05) is 6.61 Å². The van der Waals surface area contributed by atoms with Gasteiger partial charge in [0.05, 0.1) is 12.7 Å². The molecule has 10 heavy (non-hydrogen) atoms. The summed E-state index contributed by atoms with van der Waals surface area (Å²) in [7, 11) is 0. The van der Waals surface area contributed by atoms with Gasteiger partial charge in [-0.1, -0.05) is 0 Å². The third-order valence-corrected chi connectivity index (χ3v) is 1.59. The lowest BCUT2D eigenvalue weighted by Gasteiger charge is -2.00. The summed E-state index contributed by atoms with van der Waals surface area (Å²) in [6.45, 7) is 2.52. The normalized spacial score (nSPS) is 29.3. The first-order valence-electron chi connectivity index (χ1n) is 3.25. The SMILES string of the molecule is CC1OCC/C1=C/C(=O)O. The van der Waals surface area contributed by atoms with Crippen LogP contribution in [0.4, 0.5) is 0 Å². The van der Waals surface area contributed by atoms with Crippen LogP contribution in [0.1, 0.15) is 13.3 Å². The van der Waals surface area contributed by atoms with Gasteiger partial charge >= 0.3 is 5.97 Å². The van der Waals surface area contributed by atoms with E-state index >= 15 is 0 Å². The molecule has 1 heterocycles. The molecule has 1 aliphatic heterocycles. The number of hydrogen-bond donors (Lipinski definition) is 1. The molecule has 1 rings (SSSR count). The van der Waals surface area contributed by atoms with Crippen LogP contribution in [0.3, 0.4) is 0 Å². The molecule has 0 amide bonds. The summed E-state index contributed by atoms with van der Waals surface area (Å²) in [6.07, 6.45) is 1.99. The number of hydrogen-bond acceptors (Lipinski definition) is 2. The number of carboxylic acids is 1. The molecule has 0 aliphatic carbocycles. The molecular formula is C7H10O3. The van der Waals surface area contributed by atoms with Crippen molar-refractivity contribution in [3.63, 3.8) is 0 Å². The second-order valence-corrected chi connectivity index (χ2v) is 2.32. The largest absolute Gasteiger partial charge is 0.478 e. The number of ether oxygens (including phenoxy) is 1. The Balaban J connectivity index is 2.62. The van der Waals surface area contributed by atoms with E-state index in [2.05, 4.69) is 0 Å². The standard InChI is InChI=1S/C7H10O3/c1-5-6(2-3-10-5)4-7(8)9/h4-5H,2-3H2,1H3,(H,8,9)/b6-4-. The van der Waals surface area contributed by atoms with Gasteiger partial charge in [0.1, 0.15) is 0 Å². The second-order valence-electron chi connectivity index (χ2n) is 2.32. The summed E-state index contributed by atoms with van der Waals surface area (Å²) < 4.78 is 5.13. The first-order valence-corrected chi connectivity index (χ1v) is 3.25. The highest BCUT2D eigenvalue weighted by Crippen LogP contribution is 2.18. The molecule has 1 fully saturated rings. The summed E-state index contributed by atoms with van der Waals surface area (Å²) in [6, 6.07) is 0. The minimum Gasteiger partial charge on any atom is -0.478 e. The predicted octanol–water partition coefficient (Wildman–Crippen LogP) is 0.806. The van der Waals surface area contributed by atoms with Crippen molar-refractivity contribution >= 4 is 5.97 Å². The maximum Gasteiger partial charge on any atom is 0.328 e. The van der Waals surface area contributed by atoms with Crippen LogP contribution in [0.5, 0.6) is 0 Å². The topological polar surface area (TPSA) is 46.5 Å². The van der Waals surface area contributed by atoms with Crippen molar-refractivity contribution in [1.82, 2.24) is 0 Å².